The lowest BCUT2D eigenvalue weighted by molar-refractivity contribution is 0.0920. The number of sulfonamides is 1. The van der Waals surface area contributed by atoms with Crippen LogP contribution in [0.4, 0.5) is 0 Å². The number of nitrogens with zero attached hydrogens (tertiary/aromatic N) is 3. The van der Waals surface area contributed by atoms with Crippen molar-refractivity contribution >= 4 is 10.0 Å². The minimum absolute atomic E-state index is 0.0878. The fourth-order valence-electron chi connectivity index (χ4n) is 4.55. The Morgan fingerprint density at radius 1 is 1.06 bits per heavy atom. The summed E-state index contributed by atoms with van der Waals surface area (Å²) in [4.78, 5) is 4.84. The van der Waals surface area contributed by atoms with Crippen molar-refractivity contribution in [2.45, 2.75) is 64.6 Å². The average molecular weight is 468 g/mol. The Balaban J connectivity index is 1.64. The molecule has 0 N–H and O–H groups in total. The molecule has 1 unspecified atom stereocenters. The van der Waals surface area contributed by atoms with Gasteiger partial charge in [0.2, 0.25) is 10.0 Å². The Labute approximate surface area is 197 Å². The van der Waals surface area contributed by atoms with E-state index < -0.39 is 10.0 Å². The second-order valence-corrected chi connectivity index (χ2v) is 11.0. The molecule has 1 atom stereocenters. The first-order chi connectivity index (χ1) is 15.7. The van der Waals surface area contributed by atoms with E-state index in [1.807, 2.05) is 25.3 Å². The van der Waals surface area contributed by atoms with Crippen LogP contribution < -0.4 is 0 Å². The largest absolute Gasteiger partial charge is 0.377 e. The maximum absolute atomic E-state index is 13.6. The third-order valence-electron chi connectivity index (χ3n) is 6.38. The third kappa shape index (κ3) is 5.37. The van der Waals surface area contributed by atoms with Crippen LogP contribution in [0.3, 0.4) is 0 Å². The van der Waals surface area contributed by atoms with E-state index in [-0.39, 0.29) is 12.6 Å². The molecule has 4 rings (SSSR count). The van der Waals surface area contributed by atoms with E-state index in [0.29, 0.717) is 24.6 Å². The van der Waals surface area contributed by atoms with Crippen LogP contribution in [0, 0.1) is 27.7 Å². The van der Waals surface area contributed by atoms with Gasteiger partial charge in [-0.25, -0.2) is 13.4 Å². The molecular formula is C26H33N3O3S. The number of imidazole rings is 1. The molecular weight excluding hydrogens is 434 g/mol. The van der Waals surface area contributed by atoms with Crippen molar-refractivity contribution in [3.05, 3.63) is 82.4 Å². The second-order valence-electron chi connectivity index (χ2n) is 9.09. The zero-order valence-corrected chi connectivity index (χ0v) is 20.7. The molecule has 0 radical (unpaired) electrons. The summed E-state index contributed by atoms with van der Waals surface area (Å²) in [5.74, 6) is 0.725. The lowest BCUT2D eigenvalue weighted by Crippen LogP contribution is -2.37. The molecule has 176 valence electrons. The molecule has 1 aliphatic heterocycles. The van der Waals surface area contributed by atoms with Crippen molar-refractivity contribution < 1.29 is 13.2 Å². The van der Waals surface area contributed by atoms with Crippen molar-refractivity contribution in [3.63, 3.8) is 0 Å². The Hall–Kier alpha value is -2.48. The summed E-state index contributed by atoms with van der Waals surface area (Å²) >= 11 is 0. The first kappa shape index (κ1) is 23.7. The topological polar surface area (TPSA) is 64.4 Å². The molecule has 2 heterocycles. The first-order valence-electron chi connectivity index (χ1n) is 11.5. The monoisotopic (exact) mass is 467 g/mol. The summed E-state index contributed by atoms with van der Waals surface area (Å²) in [5, 5.41) is 0. The summed E-state index contributed by atoms with van der Waals surface area (Å²) in [7, 11) is -3.69. The highest BCUT2D eigenvalue weighted by atomic mass is 32.2. The normalized spacial score (nSPS) is 16.6. The Morgan fingerprint density at radius 2 is 1.76 bits per heavy atom. The van der Waals surface area contributed by atoms with Crippen LogP contribution in [0.25, 0.3) is 0 Å². The molecule has 2 aromatic carbocycles. The van der Waals surface area contributed by atoms with Crippen molar-refractivity contribution in [1.82, 2.24) is 13.9 Å². The molecule has 1 aliphatic rings. The lowest BCUT2D eigenvalue weighted by Gasteiger charge is -2.25. The predicted molar refractivity (Wildman–Crippen MR) is 130 cm³/mol. The van der Waals surface area contributed by atoms with Crippen LogP contribution >= 0.6 is 0 Å². The van der Waals surface area contributed by atoms with Crippen LogP contribution in [-0.4, -0.2) is 41.5 Å². The van der Waals surface area contributed by atoms with Crippen LogP contribution in [0.2, 0.25) is 0 Å². The average Bonchev–Trinajstić information content (AvgIpc) is 3.42. The van der Waals surface area contributed by atoms with E-state index in [2.05, 4.69) is 42.5 Å². The van der Waals surface area contributed by atoms with Crippen molar-refractivity contribution in [1.29, 1.82) is 0 Å². The molecule has 1 fully saturated rings. The molecule has 0 bridgehead atoms. The number of hydrogen-bond acceptors (Lipinski definition) is 4. The van der Waals surface area contributed by atoms with E-state index >= 15 is 0 Å². The summed E-state index contributed by atoms with van der Waals surface area (Å²) in [6.45, 7) is 10.2. The minimum atomic E-state index is -3.69. The number of aromatic nitrogens is 2. The van der Waals surface area contributed by atoms with Crippen LogP contribution in [0.15, 0.2) is 53.7 Å². The van der Waals surface area contributed by atoms with E-state index in [0.717, 1.165) is 24.2 Å². The number of hydrogen-bond donors (Lipinski definition) is 0. The number of ether oxygens (including phenoxy) is 1. The van der Waals surface area contributed by atoms with Gasteiger partial charge in [0, 0.05) is 32.1 Å². The SMILES string of the molecule is Cc1ccc(S(=O)(=O)N(Cc2nccn2Cc2c(C)cc(C)cc2C)CC2CCCO2)cc1. The summed E-state index contributed by atoms with van der Waals surface area (Å²) < 4.78 is 36.6. The van der Waals surface area contributed by atoms with Gasteiger partial charge in [-0.3, -0.25) is 0 Å². The van der Waals surface area contributed by atoms with Crippen molar-refractivity contribution in [2.24, 2.45) is 0 Å². The van der Waals surface area contributed by atoms with E-state index in [1.165, 1.54) is 26.6 Å². The summed E-state index contributed by atoms with van der Waals surface area (Å²) in [6.07, 6.45) is 5.42. The molecule has 3 aromatic rings. The maximum atomic E-state index is 13.6. The van der Waals surface area contributed by atoms with Gasteiger partial charge in [-0.15, -0.1) is 0 Å². The van der Waals surface area contributed by atoms with Gasteiger partial charge in [-0.2, -0.15) is 4.31 Å². The first-order valence-corrected chi connectivity index (χ1v) is 12.9. The Bertz CT molecular complexity index is 1190. The van der Waals surface area contributed by atoms with Crippen molar-refractivity contribution in [3.8, 4) is 0 Å². The molecule has 1 aromatic heterocycles. The van der Waals surface area contributed by atoms with Gasteiger partial charge in [0.15, 0.2) is 0 Å². The Morgan fingerprint density at radius 3 is 2.39 bits per heavy atom. The van der Waals surface area contributed by atoms with Crippen LogP contribution in [0.1, 0.15) is 46.5 Å². The number of aryl methyl sites for hydroxylation is 4. The van der Waals surface area contributed by atoms with Crippen LogP contribution in [-0.2, 0) is 27.8 Å². The van der Waals surface area contributed by atoms with Gasteiger partial charge < -0.3 is 9.30 Å². The smallest absolute Gasteiger partial charge is 0.243 e. The van der Waals surface area contributed by atoms with Crippen LogP contribution in [0.5, 0.6) is 0 Å². The third-order valence-corrected chi connectivity index (χ3v) is 8.20. The van der Waals surface area contributed by atoms with Gasteiger partial charge in [-0.1, -0.05) is 35.4 Å². The van der Waals surface area contributed by atoms with Gasteiger partial charge >= 0.3 is 0 Å². The Kier molecular flexibility index (Phi) is 7.02. The molecule has 33 heavy (non-hydrogen) atoms. The molecule has 0 amide bonds. The lowest BCUT2D eigenvalue weighted by atomic mass is 10.00. The minimum Gasteiger partial charge on any atom is -0.377 e. The fourth-order valence-corrected chi connectivity index (χ4v) is 5.97. The van der Waals surface area contributed by atoms with E-state index in [9.17, 15) is 8.42 Å². The summed E-state index contributed by atoms with van der Waals surface area (Å²) in [5.41, 5.74) is 5.98. The predicted octanol–water partition coefficient (Wildman–Crippen LogP) is 4.53. The van der Waals surface area contributed by atoms with E-state index in [1.54, 1.807) is 18.3 Å². The van der Waals surface area contributed by atoms with E-state index in [4.69, 9.17) is 4.74 Å². The quantitative estimate of drug-likeness (QED) is 0.488. The van der Waals surface area contributed by atoms with Gasteiger partial charge in [0.1, 0.15) is 5.82 Å². The molecule has 6 nitrogen and oxygen atoms in total. The highest BCUT2D eigenvalue weighted by molar-refractivity contribution is 7.89. The molecule has 7 heteroatoms. The number of benzene rings is 2. The standard InChI is InChI=1S/C26H33N3O3S/c1-19-7-9-24(10-8-19)33(30,31)29(16-23-6-5-13-32-23)18-26-27-11-12-28(26)17-25-21(3)14-20(2)15-22(25)4/h7-12,14-15,23H,5-6,13,16-18H2,1-4H3. The molecule has 0 aliphatic carbocycles. The highest BCUT2D eigenvalue weighted by Crippen LogP contribution is 2.24. The molecule has 0 saturated carbocycles. The van der Waals surface area contributed by atoms with Gasteiger partial charge in [0.05, 0.1) is 17.5 Å². The fraction of sp³-hybridized carbons (Fsp3) is 0.423. The van der Waals surface area contributed by atoms with Crippen molar-refractivity contribution in [2.75, 3.05) is 13.2 Å². The van der Waals surface area contributed by atoms with Gasteiger partial charge in [0.25, 0.3) is 0 Å². The second kappa shape index (κ2) is 9.79. The highest BCUT2D eigenvalue weighted by Gasteiger charge is 2.30. The molecule has 1 saturated heterocycles. The summed E-state index contributed by atoms with van der Waals surface area (Å²) in [6, 6.07) is 11.4. The zero-order chi connectivity index (χ0) is 23.6. The molecule has 0 spiro atoms. The zero-order valence-electron chi connectivity index (χ0n) is 19.9. The maximum Gasteiger partial charge on any atom is 0.243 e. The number of rotatable bonds is 8. The van der Waals surface area contributed by atoms with Gasteiger partial charge in [-0.05, 0) is 69.4 Å².